The summed E-state index contributed by atoms with van der Waals surface area (Å²) in [4.78, 5) is 20.1. The van der Waals surface area contributed by atoms with E-state index >= 15 is 0 Å². The van der Waals surface area contributed by atoms with Crippen LogP contribution in [0.4, 0.5) is 11.6 Å². The van der Waals surface area contributed by atoms with E-state index in [1.165, 1.54) is 6.07 Å². The Bertz CT molecular complexity index is 801. The molecule has 3 aromatic heterocycles. The monoisotopic (exact) mass is 305 g/mol. The van der Waals surface area contributed by atoms with E-state index in [0.29, 0.717) is 0 Å². The van der Waals surface area contributed by atoms with Crippen LogP contribution in [-0.4, -0.2) is 56.1 Å². The van der Waals surface area contributed by atoms with Gasteiger partial charge in [-0.2, -0.15) is 0 Å². The fourth-order valence-corrected chi connectivity index (χ4v) is 1.59. The zero-order valence-corrected chi connectivity index (χ0v) is 10.2. The van der Waals surface area contributed by atoms with Crippen LogP contribution in [0.3, 0.4) is 0 Å². The molecule has 0 spiro atoms. The molecule has 22 heavy (non-hydrogen) atoms. The van der Waals surface area contributed by atoms with E-state index < -0.39 is 21.5 Å². The maximum atomic E-state index is 10.8. The lowest BCUT2D eigenvalue weighted by molar-refractivity contribution is -0.389. The average Bonchev–Trinajstić information content (AvgIpc) is 3.16. The Labute approximate surface area is 118 Å². The minimum Gasteiger partial charge on any atom is -0.358 e. The summed E-state index contributed by atoms with van der Waals surface area (Å²) in [7, 11) is 0. The van der Waals surface area contributed by atoms with E-state index in [-0.39, 0.29) is 22.8 Å². The number of nitrogens with zero attached hydrogens (tertiary/aromatic N) is 9. The normalized spacial score (nSPS) is 10.5. The summed E-state index contributed by atoms with van der Waals surface area (Å²) in [6.07, 6.45) is 0. The molecule has 2 N–H and O–H groups in total. The summed E-state index contributed by atoms with van der Waals surface area (Å²) >= 11 is 0. The first-order valence-electron chi connectivity index (χ1n) is 5.39. The predicted octanol–water partition coefficient (Wildman–Crippen LogP) is -0.742. The highest BCUT2D eigenvalue weighted by molar-refractivity contribution is 5.69. The van der Waals surface area contributed by atoms with Gasteiger partial charge in [-0.25, -0.2) is 0 Å². The van der Waals surface area contributed by atoms with Gasteiger partial charge in [0.05, 0.1) is 10.2 Å². The highest BCUT2D eigenvalue weighted by Gasteiger charge is 2.26. The Morgan fingerprint density at radius 1 is 0.818 bits per heavy atom. The highest BCUT2D eigenvalue weighted by Crippen LogP contribution is 2.27. The van der Waals surface area contributed by atoms with Gasteiger partial charge in [0.15, 0.2) is 0 Å². The minimum absolute atomic E-state index is 0.0530. The average molecular weight is 305 g/mol. The first-order chi connectivity index (χ1) is 10.6. The number of nitrogens with one attached hydrogen (secondary N) is 2. The van der Waals surface area contributed by atoms with E-state index in [2.05, 4.69) is 46.2 Å². The fourth-order valence-electron chi connectivity index (χ4n) is 1.59. The van der Waals surface area contributed by atoms with Crippen LogP contribution >= 0.6 is 0 Å². The third kappa shape index (κ3) is 2.07. The predicted molar refractivity (Wildman–Crippen MR) is 63.9 cm³/mol. The van der Waals surface area contributed by atoms with E-state index in [1.54, 1.807) is 0 Å². The molecule has 15 heteroatoms. The molecule has 0 unspecified atom stereocenters. The second-order valence-electron chi connectivity index (χ2n) is 3.71. The number of rotatable bonds is 4. The lowest BCUT2D eigenvalue weighted by Crippen LogP contribution is -1.99. The third-order valence-electron chi connectivity index (χ3n) is 2.47. The summed E-state index contributed by atoms with van der Waals surface area (Å²) in [5.74, 6) is -1.14. The van der Waals surface area contributed by atoms with Crippen molar-refractivity contribution in [1.29, 1.82) is 0 Å². The minimum atomic E-state index is -0.765. The first-order valence-corrected chi connectivity index (χ1v) is 5.39. The van der Waals surface area contributed by atoms with E-state index in [0.717, 1.165) is 0 Å². The molecular formula is C7H3N11O4. The second-order valence-corrected chi connectivity index (χ2v) is 3.71. The van der Waals surface area contributed by atoms with Gasteiger partial charge in [0, 0.05) is 0 Å². The molecule has 3 aromatic rings. The van der Waals surface area contributed by atoms with Gasteiger partial charge in [0.2, 0.25) is 11.4 Å². The molecular weight excluding hydrogens is 302 g/mol. The molecule has 0 fully saturated rings. The van der Waals surface area contributed by atoms with Crippen LogP contribution in [0.5, 0.6) is 0 Å². The van der Waals surface area contributed by atoms with Crippen molar-refractivity contribution in [1.82, 2.24) is 46.2 Å². The van der Waals surface area contributed by atoms with Crippen molar-refractivity contribution < 1.29 is 9.85 Å². The molecule has 0 radical (unpaired) electrons. The zero-order chi connectivity index (χ0) is 15.7. The Kier molecular flexibility index (Phi) is 2.91. The Hall–Kier alpha value is -3.91. The van der Waals surface area contributed by atoms with Crippen molar-refractivity contribution in [2.24, 2.45) is 0 Å². The lowest BCUT2D eigenvalue weighted by Gasteiger charge is -1.97. The molecule has 0 aromatic carbocycles. The zero-order valence-electron chi connectivity index (χ0n) is 10.2. The van der Waals surface area contributed by atoms with Crippen LogP contribution in [0.1, 0.15) is 0 Å². The molecule has 0 saturated heterocycles. The van der Waals surface area contributed by atoms with Gasteiger partial charge in [-0.15, -0.1) is 30.8 Å². The molecule has 0 aliphatic carbocycles. The maximum absolute atomic E-state index is 10.8. The molecule has 3 rings (SSSR count). The maximum Gasteiger partial charge on any atom is 0.419 e. The van der Waals surface area contributed by atoms with Crippen LogP contribution in [0, 0.1) is 20.2 Å². The fraction of sp³-hybridized carbons (Fsp3) is 0. The standard InChI is InChI=1S/C7H3N11O4/c19-17(20)6-4(10-15-12-6)2-1-3(9-14-8-2)5-7(18(21)22)13-16-11-5/h1H,(H,10,12,15)(H,11,13,16). The van der Waals surface area contributed by atoms with Crippen molar-refractivity contribution >= 4 is 11.6 Å². The van der Waals surface area contributed by atoms with Gasteiger partial charge in [0.25, 0.3) is 0 Å². The van der Waals surface area contributed by atoms with Crippen molar-refractivity contribution in [3.8, 4) is 22.8 Å². The summed E-state index contributed by atoms with van der Waals surface area (Å²) in [5.41, 5.74) is -0.481. The van der Waals surface area contributed by atoms with Gasteiger partial charge in [0.1, 0.15) is 11.4 Å². The van der Waals surface area contributed by atoms with E-state index in [9.17, 15) is 20.2 Å². The molecule has 3 heterocycles. The number of hydrogen-bond acceptors (Lipinski definition) is 11. The highest BCUT2D eigenvalue weighted by atomic mass is 16.6. The molecule has 110 valence electrons. The molecule has 0 amide bonds. The summed E-state index contributed by atoms with van der Waals surface area (Å²) in [6, 6.07) is 1.20. The Morgan fingerprint density at radius 3 is 1.68 bits per heavy atom. The number of nitro groups is 2. The number of aromatic amines is 2. The largest absolute Gasteiger partial charge is 0.419 e. The number of H-pyrrole nitrogens is 2. The van der Waals surface area contributed by atoms with Crippen molar-refractivity contribution in [3.63, 3.8) is 0 Å². The lowest BCUT2D eigenvalue weighted by atomic mass is 10.2. The number of aromatic nitrogens is 9. The van der Waals surface area contributed by atoms with Crippen LogP contribution < -0.4 is 0 Å². The van der Waals surface area contributed by atoms with E-state index in [4.69, 9.17) is 0 Å². The molecule has 0 atom stereocenters. The third-order valence-corrected chi connectivity index (χ3v) is 2.47. The summed E-state index contributed by atoms with van der Waals surface area (Å²) < 4.78 is 0. The van der Waals surface area contributed by atoms with Gasteiger partial charge in [-0.1, -0.05) is 0 Å². The SMILES string of the molecule is O=[N+]([O-])c1n[nH]nc1-c1cc(-c2n[nH]nc2[N+](=O)[O-])nnn1. The smallest absolute Gasteiger partial charge is 0.358 e. The summed E-state index contributed by atoms with van der Waals surface area (Å²) in [6.45, 7) is 0. The number of hydrogen-bond donors (Lipinski definition) is 2. The van der Waals surface area contributed by atoms with Crippen LogP contribution in [0.15, 0.2) is 6.07 Å². The van der Waals surface area contributed by atoms with E-state index in [1.807, 2.05) is 0 Å². The van der Waals surface area contributed by atoms with Gasteiger partial charge >= 0.3 is 11.6 Å². The Morgan fingerprint density at radius 2 is 1.27 bits per heavy atom. The molecule has 0 saturated carbocycles. The van der Waals surface area contributed by atoms with Crippen LogP contribution in [0.25, 0.3) is 22.8 Å². The second kappa shape index (κ2) is 4.89. The molecule has 15 nitrogen and oxygen atoms in total. The first kappa shape index (κ1) is 13.1. The van der Waals surface area contributed by atoms with Gasteiger partial charge in [-0.05, 0) is 21.1 Å². The Balaban J connectivity index is 2.10. The topological polar surface area (TPSA) is 208 Å². The molecule has 0 aliphatic rings. The van der Waals surface area contributed by atoms with Crippen LogP contribution in [-0.2, 0) is 0 Å². The van der Waals surface area contributed by atoms with Crippen molar-refractivity contribution in [3.05, 3.63) is 26.3 Å². The van der Waals surface area contributed by atoms with Crippen molar-refractivity contribution in [2.45, 2.75) is 0 Å². The molecule has 0 aliphatic heterocycles. The van der Waals surface area contributed by atoms with Gasteiger partial charge < -0.3 is 20.2 Å². The van der Waals surface area contributed by atoms with Crippen molar-refractivity contribution in [2.75, 3.05) is 0 Å². The van der Waals surface area contributed by atoms with Gasteiger partial charge in [-0.3, -0.25) is 0 Å². The molecule has 0 bridgehead atoms. The van der Waals surface area contributed by atoms with Crippen LogP contribution in [0.2, 0.25) is 0 Å². The summed E-state index contributed by atoms with van der Waals surface area (Å²) in [5, 5.41) is 50.3. The quantitative estimate of drug-likeness (QED) is 0.452.